The molecule has 0 saturated heterocycles. The second-order valence-electron chi connectivity index (χ2n) is 13.9. The van der Waals surface area contributed by atoms with E-state index in [1.807, 2.05) is 48.5 Å². The van der Waals surface area contributed by atoms with Crippen molar-refractivity contribution in [3.63, 3.8) is 0 Å². The van der Waals surface area contributed by atoms with E-state index in [0.29, 0.717) is 58.5 Å². The van der Waals surface area contributed by atoms with E-state index in [-0.39, 0.29) is 13.6 Å². The molecular weight excluding hydrogens is 1050 g/mol. The van der Waals surface area contributed by atoms with E-state index in [0.717, 1.165) is 33.6 Å². The molecule has 2 atom stereocenters. The second-order valence-corrected chi connectivity index (χ2v) is 18.2. The van der Waals surface area contributed by atoms with E-state index < -0.39 is 32.4 Å². The number of carbonyl (C=O) groups excluding carboxylic acids is 3. The SMILES string of the molecule is CC(O)c1nc2ccccc2[nH]1.CC(OC(=O)Nc1ccc2c(c1)OCO2)c1nc2ccccc2[nH]1.Nc1ccc2c(c1)OCO2.O=C(OC(Cl)(Cl)Cl)OC(Cl)(Cl)Cl.O=C=Nc1ccc2c(c1)OCO2. The number of alkyl halides is 6. The largest absolute Gasteiger partial charge is 0.515 e. The number of amides is 1. The van der Waals surface area contributed by atoms with Crippen LogP contribution in [0.4, 0.5) is 26.7 Å². The van der Waals surface area contributed by atoms with Crippen molar-refractivity contribution >= 4 is 127 Å². The molecule has 3 aliphatic rings. The number of aromatic amines is 2. The highest BCUT2D eigenvalue weighted by atomic mass is 35.6. The number of rotatable bonds is 5. The standard InChI is InChI=1S/C17H15N3O4.C9H10N2O.C8H5NO3.C7H7NO2.C3Cl6O3/c1-10(16-19-12-4-2-3-5-13(12)20-16)24-17(21)18-11-6-7-14-15(8-11)23-9-22-14;1-6(12)9-10-7-4-2-3-5-8(7)11-9;10-4-9-6-1-2-7-8(3-6)12-5-11-7;8-5-1-2-6-7(3-5)10-4-9-6;4-2(5,6)11-1(10)12-3(7,8)9/h2-8,10H,9H2,1H3,(H,18,21)(H,19,20);2-6,12H,1H3,(H,10,11);1-3H,5H2;1-3H,4,8H2;. The van der Waals surface area contributed by atoms with Crippen LogP contribution in [0, 0.1) is 0 Å². The van der Waals surface area contributed by atoms with Crippen LogP contribution in [0.15, 0.2) is 108 Å². The lowest BCUT2D eigenvalue weighted by molar-refractivity contribution is 0.0508. The minimum absolute atomic E-state index is 0.187. The van der Waals surface area contributed by atoms with Crippen LogP contribution in [0.2, 0.25) is 0 Å². The van der Waals surface area contributed by atoms with Gasteiger partial charge in [0.15, 0.2) is 40.6 Å². The highest BCUT2D eigenvalue weighted by Gasteiger charge is 2.32. The third-order valence-electron chi connectivity index (χ3n) is 8.82. The molecule has 368 valence electrons. The van der Waals surface area contributed by atoms with E-state index >= 15 is 0 Å². The normalized spacial score (nSPS) is 13.2. The molecule has 2 unspecified atom stereocenters. The number of aromatic nitrogens is 4. The van der Waals surface area contributed by atoms with Gasteiger partial charge in [0, 0.05) is 29.6 Å². The molecule has 2 aromatic heterocycles. The number of hydrogen-bond acceptors (Lipinski definition) is 17. The fourth-order valence-corrected chi connectivity index (χ4v) is 6.18. The van der Waals surface area contributed by atoms with E-state index in [2.05, 4.69) is 39.7 Å². The van der Waals surface area contributed by atoms with Gasteiger partial charge in [-0.3, -0.25) is 5.32 Å². The van der Waals surface area contributed by atoms with E-state index in [1.54, 1.807) is 68.4 Å². The molecule has 5 aromatic carbocycles. The van der Waals surface area contributed by atoms with Crippen LogP contribution in [0.1, 0.15) is 37.7 Å². The summed E-state index contributed by atoms with van der Waals surface area (Å²) in [7, 11) is 0. The van der Waals surface area contributed by atoms with Gasteiger partial charge in [0.2, 0.25) is 26.5 Å². The number of nitrogens with one attached hydrogen (secondary N) is 3. The third kappa shape index (κ3) is 16.2. The van der Waals surface area contributed by atoms with Crippen molar-refractivity contribution in [3.8, 4) is 34.5 Å². The first-order chi connectivity index (χ1) is 33.3. The number of H-pyrrole nitrogens is 2. The summed E-state index contributed by atoms with van der Waals surface area (Å²) in [6, 6.07) is 30.9. The number of para-hydroxylation sites is 4. The Kier molecular flexibility index (Phi) is 18.2. The van der Waals surface area contributed by atoms with Gasteiger partial charge >= 0.3 is 20.2 Å². The monoisotopic (exact) mass is 1080 g/mol. The quantitative estimate of drug-likeness (QED) is 0.0353. The van der Waals surface area contributed by atoms with Gasteiger partial charge < -0.3 is 63.4 Å². The molecule has 0 saturated carbocycles. The number of halogens is 6. The van der Waals surface area contributed by atoms with Gasteiger partial charge in [0.1, 0.15) is 17.8 Å². The van der Waals surface area contributed by atoms with Crippen LogP contribution in [-0.4, -0.2) is 71.7 Å². The molecule has 6 N–H and O–H groups in total. The van der Waals surface area contributed by atoms with Gasteiger partial charge in [0.05, 0.1) is 27.8 Å². The Morgan fingerprint density at radius 3 is 1.69 bits per heavy atom. The predicted octanol–water partition coefficient (Wildman–Crippen LogP) is 11.4. The number of benzene rings is 5. The Labute approximate surface area is 426 Å². The zero-order valence-electron chi connectivity index (χ0n) is 36.1. The Bertz CT molecular complexity index is 2880. The van der Waals surface area contributed by atoms with Gasteiger partial charge in [-0.1, -0.05) is 24.3 Å². The summed E-state index contributed by atoms with van der Waals surface area (Å²) in [5.74, 6) is 5.27. The van der Waals surface area contributed by atoms with Crippen molar-refractivity contribution in [2.75, 3.05) is 31.4 Å². The molecule has 0 bridgehead atoms. The lowest BCUT2D eigenvalue weighted by atomic mass is 10.3. The van der Waals surface area contributed by atoms with E-state index in [9.17, 15) is 19.5 Å². The molecule has 0 aliphatic carbocycles. The highest BCUT2D eigenvalue weighted by molar-refractivity contribution is 6.67. The average Bonchev–Trinajstić information content (AvgIpc) is 4.15. The number of aliphatic imine (C=N–C) groups is 1. The van der Waals surface area contributed by atoms with Crippen molar-refractivity contribution in [2.24, 2.45) is 4.99 Å². The number of hydrogen-bond donors (Lipinski definition) is 5. The molecule has 0 spiro atoms. The number of aliphatic hydroxyl groups excluding tert-OH is 1. The fraction of sp³-hybridized carbons (Fsp3) is 0.205. The summed E-state index contributed by atoms with van der Waals surface area (Å²) in [6.07, 6.45) is -1.56. The summed E-state index contributed by atoms with van der Waals surface area (Å²) < 4.78 is 39.7. The van der Waals surface area contributed by atoms with Gasteiger partial charge in [-0.05, 0) is 144 Å². The van der Waals surface area contributed by atoms with Crippen molar-refractivity contribution in [1.82, 2.24) is 19.9 Å². The number of nitrogen functional groups attached to an aromatic ring is 1. The maximum atomic E-state index is 12.1. The maximum absolute atomic E-state index is 12.1. The van der Waals surface area contributed by atoms with Crippen molar-refractivity contribution in [1.29, 1.82) is 0 Å². The summed E-state index contributed by atoms with van der Waals surface area (Å²) in [5, 5.41) is 11.9. The van der Waals surface area contributed by atoms with Crippen LogP contribution in [-0.2, 0) is 19.0 Å². The lowest BCUT2D eigenvalue weighted by Gasteiger charge is -2.15. The maximum Gasteiger partial charge on any atom is 0.515 e. The predicted molar refractivity (Wildman–Crippen MR) is 259 cm³/mol. The number of anilines is 2. The van der Waals surface area contributed by atoms with E-state index in [4.69, 9.17) is 108 Å². The molecular formula is C44H37Cl6N7O13. The zero-order valence-corrected chi connectivity index (χ0v) is 40.7. The number of nitrogens with two attached hydrogens (primary N) is 1. The minimum atomic E-state index is -2.24. The molecule has 26 heteroatoms. The number of aliphatic hydroxyl groups is 1. The van der Waals surface area contributed by atoms with Gasteiger partial charge in [-0.15, -0.1) is 0 Å². The molecule has 5 heterocycles. The average molecular weight is 1080 g/mol. The molecule has 0 radical (unpaired) electrons. The number of fused-ring (bicyclic) bond motifs is 5. The van der Waals surface area contributed by atoms with Crippen LogP contribution >= 0.6 is 69.6 Å². The number of nitrogens with zero attached hydrogens (tertiary/aromatic N) is 3. The zero-order chi connectivity index (χ0) is 50.4. The molecule has 20 nitrogen and oxygen atoms in total. The van der Waals surface area contributed by atoms with Crippen molar-refractivity contribution < 1.29 is 62.1 Å². The minimum Gasteiger partial charge on any atom is -0.454 e. The second kappa shape index (κ2) is 24.2. The number of ether oxygens (including phenoxy) is 9. The highest BCUT2D eigenvalue weighted by Crippen LogP contribution is 2.37. The first-order valence-electron chi connectivity index (χ1n) is 19.9. The van der Waals surface area contributed by atoms with E-state index in [1.165, 1.54) is 6.08 Å². The molecule has 1 amide bonds. The Hall–Kier alpha value is -6.74. The Morgan fingerprint density at radius 2 is 1.16 bits per heavy atom. The van der Waals surface area contributed by atoms with Crippen LogP contribution in [0.3, 0.4) is 0 Å². The van der Waals surface area contributed by atoms with Crippen LogP contribution in [0.5, 0.6) is 34.5 Å². The Balaban J connectivity index is 0.000000151. The smallest absolute Gasteiger partial charge is 0.454 e. The number of isocyanates is 1. The van der Waals surface area contributed by atoms with Crippen molar-refractivity contribution in [2.45, 2.75) is 34.0 Å². The van der Waals surface area contributed by atoms with Gasteiger partial charge in [-0.25, -0.2) is 24.4 Å². The topological polar surface area (TPSA) is 262 Å². The van der Waals surface area contributed by atoms with Gasteiger partial charge in [0.25, 0.3) is 0 Å². The van der Waals surface area contributed by atoms with Crippen LogP contribution < -0.4 is 39.5 Å². The number of imidazole rings is 2. The third-order valence-corrected chi connectivity index (χ3v) is 9.29. The van der Waals surface area contributed by atoms with Crippen LogP contribution in [0.25, 0.3) is 22.1 Å². The molecule has 10 rings (SSSR count). The van der Waals surface area contributed by atoms with Gasteiger partial charge in [-0.2, -0.15) is 4.99 Å². The van der Waals surface area contributed by atoms with Crippen molar-refractivity contribution in [3.05, 3.63) is 115 Å². The summed E-state index contributed by atoms with van der Waals surface area (Å²) in [6.45, 7) is 4.17. The first kappa shape index (κ1) is 52.6. The molecule has 70 heavy (non-hydrogen) atoms. The summed E-state index contributed by atoms with van der Waals surface area (Å²) in [5.41, 5.74) is 10.9. The molecule has 3 aliphatic heterocycles. The first-order valence-corrected chi connectivity index (χ1v) is 22.2. The fourth-order valence-electron chi connectivity index (χ4n) is 5.80. The lowest BCUT2D eigenvalue weighted by Crippen LogP contribution is -2.22. The molecule has 0 fully saturated rings. The molecule has 7 aromatic rings. The summed E-state index contributed by atoms with van der Waals surface area (Å²) in [4.78, 5) is 50.8. The Morgan fingerprint density at radius 1 is 0.686 bits per heavy atom. The summed E-state index contributed by atoms with van der Waals surface area (Å²) >= 11 is 30.2. The number of carbonyl (C=O) groups is 2.